The molecule has 2 aromatic carbocycles. The monoisotopic (exact) mass is 427 g/mol. The number of aromatic nitrogens is 1. The summed E-state index contributed by atoms with van der Waals surface area (Å²) < 4.78 is 15.6. The van der Waals surface area contributed by atoms with Gasteiger partial charge in [-0.1, -0.05) is 61.7 Å². The number of hydrogen-bond donors (Lipinski definition) is 1. The van der Waals surface area contributed by atoms with Gasteiger partial charge in [0.05, 0.1) is 11.6 Å². The quantitative estimate of drug-likeness (QED) is 0.386. The van der Waals surface area contributed by atoms with Crippen molar-refractivity contribution in [3.05, 3.63) is 89.0 Å². The second-order valence-corrected chi connectivity index (χ2v) is 7.71. The third-order valence-corrected chi connectivity index (χ3v) is 5.25. The van der Waals surface area contributed by atoms with Gasteiger partial charge in [-0.3, -0.25) is 0 Å². The van der Waals surface area contributed by atoms with Crippen LogP contribution < -0.4 is 5.32 Å². The van der Waals surface area contributed by atoms with Crippen LogP contribution in [-0.4, -0.2) is 22.0 Å². The summed E-state index contributed by atoms with van der Waals surface area (Å²) >= 11 is 5.85. The van der Waals surface area contributed by atoms with E-state index in [1.807, 2.05) is 36.5 Å². The fourth-order valence-corrected chi connectivity index (χ4v) is 3.48. The summed E-state index contributed by atoms with van der Waals surface area (Å²) in [5.41, 5.74) is 2.74. The summed E-state index contributed by atoms with van der Waals surface area (Å²) in [6.07, 6.45) is 5.09. The normalized spacial score (nSPS) is 10.8. The van der Waals surface area contributed by atoms with Gasteiger partial charge >= 0.3 is 6.03 Å². The van der Waals surface area contributed by atoms with Gasteiger partial charge in [0.15, 0.2) is 0 Å². The lowest BCUT2D eigenvalue weighted by molar-refractivity contribution is 0.206. The van der Waals surface area contributed by atoms with E-state index < -0.39 is 5.82 Å². The van der Waals surface area contributed by atoms with E-state index in [9.17, 15) is 9.18 Å². The first-order valence-corrected chi connectivity index (χ1v) is 10.6. The van der Waals surface area contributed by atoms with Crippen LogP contribution in [0.25, 0.3) is 0 Å². The highest BCUT2D eigenvalue weighted by Crippen LogP contribution is 2.20. The van der Waals surface area contributed by atoms with Crippen molar-refractivity contribution >= 4 is 23.3 Å². The molecule has 0 atom stereocenters. The Morgan fingerprint density at radius 3 is 2.63 bits per heavy atom. The Balaban J connectivity index is 1.73. The van der Waals surface area contributed by atoms with E-state index in [1.165, 1.54) is 23.8 Å². The van der Waals surface area contributed by atoms with Gasteiger partial charge in [-0.25, -0.2) is 9.18 Å². The van der Waals surface area contributed by atoms with Gasteiger partial charge in [-0.2, -0.15) is 0 Å². The number of nitrogens with zero attached hydrogens (tertiary/aromatic N) is 2. The molecule has 3 rings (SSSR count). The molecule has 30 heavy (non-hydrogen) atoms. The van der Waals surface area contributed by atoms with Crippen molar-refractivity contribution in [1.29, 1.82) is 0 Å². The topological polar surface area (TPSA) is 37.3 Å². The molecular formula is C24H27ClFN3O. The largest absolute Gasteiger partial charge is 0.345 e. The zero-order chi connectivity index (χ0) is 21.3. The van der Waals surface area contributed by atoms with Crippen LogP contribution >= 0.6 is 11.6 Å². The maximum Gasteiger partial charge on any atom is 0.322 e. The number of unbranched alkanes of at least 4 members (excludes halogenated alkanes) is 2. The minimum atomic E-state index is -0.506. The Morgan fingerprint density at radius 2 is 1.90 bits per heavy atom. The fraction of sp³-hybridized carbons (Fsp3) is 0.292. The molecule has 0 saturated carbocycles. The van der Waals surface area contributed by atoms with Crippen molar-refractivity contribution in [1.82, 2.24) is 9.47 Å². The molecule has 0 fully saturated rings. The van der Waals surface area contributed by atoms with Crippen molar-refractivity contribution in [2.45, 2.75) is 39.3 Å². The predicted molar refractivity (Wildman–Crippen MR) is 120 cm³/mol. The second kappa shape index (κ2) is 10.8. The third-order valence-electron chi connectivity index (χ3n) is 4.96. The molecule has 0 spiro atoms. The van der Waals surface area contributed by atoms with E-state index in [1.54, 1.807) is 4.90 Å². The molecule has 158 valence electrons. The average Bonchev–Trinajstić information content (AvgIpc) is 3.17. The molecule has 0 saturated heterocycles. The zero-order valence-electron chi connectivity index (χ0n) is 17.2. The molecule has 0 aliphatic rings. The lowest BCUT2D eigenvalue weighted by Gasteiger charge is -2.24. The molecule has 0 aliphatic heterocycles. The third kappa shape index (κ3) is 6.10. The Morgan fingerprint density at radius 1 is 1.10 bits per heavy atom. The standard InChI is InChI=1S/C24H27ClFN3O/c1-2-3-7-14-29(24(30)27-20-12-13-23(26)22(25)16-20)18-21-11-8-15-28(21)17-19-9-5-4-6-10-19/h4-6,8-13,15-16H,2-3,7,14,17-18H2,1H3,(H,27,30). The predicted octanol–water partition coefficient (Wildman–Crippen LogP) is 6.55. The first kappa shape index (κ1) is 21.9. The molecule has 6 heteroatoms. The first-order chi connectivity index (χ1) is 14.6. The Labute approximate surface area is 182 Å². The van der Waals surface area contributed by atoms with Crippen LogP contribution in [0, 0.1) is 5.82 Å². The van der Waals surface area contributed by atoms with Crippen LogP contribution in [0.4, 0.5) is 14.9 Å². The molecule has 3 aromatic rings. The molecule has 1 aromatic heterocycles. The Bertz CT molecular complexity index is 958. The van der Waals surface area contributed by atoms with Crippen LogP contribution in [0.5, 0.6) is 0 Å². The van der Waals surface area contributed by atoms with Crippen LogP contribution in [0.1, 0.15) is 37.4 Å². The van der Waals surface area contributed by atoms with Crippen LogP contribution in [0.2, 0.25) is 5.02 Å². The van der Waals surface area contributed by atoms with Gasteiger partial charge in [0, 0.05) is 30.7 Å². The van der Waals surface area contributed by atoms with Crippen molar-refractivity contribution in [2.24, 2.45) is 0 Å². The molecule has 0 aliphatic carbocycles. The van der Waals surface area contributed by atoms with E-state index in [0.717, 1.165) is 31.5 Å². The minimum Gasteiger partial charge on any atom is -0.345 e. The van der Waals surface area contributed by atoms with Crippen LogP contribution in [-0.2, 0) is 13.1 Å². The maximum absolute atomic E-state index is 13.4. The van der Waals surface area contributed by atoms with Gasteiger partial charge in [0.2, 0.25) is 0 Å². The van der Waals surface area contributed by atoms with E-state index in [4.69, 9.17) is 11.6 Å². The van der Waals surface area contributed by atoms with Crippen LogP contribution in [0.3, 0.4) is 0 Å². The lowest BCUT2D eigenvalue weighted by atomic mass is 10.2. The van der Waals surface area contributed by atoms with Crippen molar-refractivity contribution < 1.29 is 9.18 Å². The molecule has 0 radical (unpaired) electrons. The van der Waals surface area contributed by atoms with E-state index >= 15 is 0 Å². The van der Waals surface area contributed by atoms with E-state index in [2.05, 4.69) is 28.9 Å². The molecule has 4 nitrogen and oxygen atoms in total. The summed E-state index contributed by atoms with van der Waals surface area (Å²) in [4.78, 5) is 14.8. The molecule has 0 bridgehead atoms. The summed E-state index contributed by atoms with van der Waals surface area (Å²) in [5.74, 6) is -0.506. The molecule has 2 amide bonds. The average molecular weight is 428 g/mol. The molecule has 0 unspecified atom stereocenters. The number of halogens is 2. The van der Waals surface area contributed by atoms with Gasteiger partial charge in [0.25, 0.3) is 0 Å². The van der Waals surface area contributed by atoms with Crippen molar-refractivity contribution in [2.75, 3.05) is 11.9 Å². The zero-order valence-corrected chi connectivity index (χ0v) is 17.9. The SMILES string of the molecule is CCCCCN(Cc1cccn1Cc1ccccc1)C(=O)Nc1ccc(F)c(Cl)c1. The molecular weight excluding hydrogens is 401 g/mol. The Kier molecular flexibility index (Phi) is 7.91. The number of urea groups is 1. The van der Waals surface area contributed by atoms with E-state index in [0.29, 0.717) is 18.8 Å². The number of carbonyl (C=O) groups is 1. The van der Waals surface area contributed by atoms with Crippen molar-refractivity contribution in [3.8, 4) is 0 Å². The van der Waals surface area contributed by atoms with Gasteiger partial charge in [-0.15, -0.1) is 0 Å². The number of amides is 2. The highest BCUT2D eigenvalue weighted by Gasteiger charge is 2.16. The summed E-state index contributed by atoms with van der Waals surface area (Å²) in [6, 6.07) is 18.2. The summed E-state index contributed by atoms with van der Waals surface area (Å²) in [7, 11) is 0. The number of rotatable bonds is 9. The summed E-state index contributed by atoms with van der Waals surface area (Å²) in [6.45, 7) is 4.02. The van der Waals surface area contributed by atoms with E-state index in [-0.39, 0.29) is 11.1 Å². The number of anilines is 1. The minimum absolute atomic E-state index is 0.0120. The highest BCUT2D eigenvalue weighted by molar-refractivity contribution is 6.31. The number of benzene rings is 2. The van der Waals surface area contributed by atoms with Crippen molar-refractivity contribution in [3.63, 3.8) is 0 Å². The number of carbonyl (C=O) groups excluding carboxylic acids is 1. The molecule has 1 N–H and O–H groups in total. The van der Waals surface area contributed by atoms with Gasteiger partial charge < -0.3 is 14.8 Å². The Hall–Kier alpha value is -2.79. The maximum atomic E-state index is 13.4. The fourth-order valence-electron chi connectivity index (χ4n) is 3.30. The lowest BCUT2D eigenvalue weighted by Crippen LogP contribution is -2.36. The smallest absolute Gasteiger partial charge is 0.322 e. The highest BCUT2D eigenvalue weighted by atomic mass is 35.5. The summed E-state index contributed by atoms with van der Waals surface area (Å²) in [5, 5.41) is 2.83. The van der Waals surface area contributed by atoms with Crippen LogP contribution in [0.15, 0.2) is 66.9 Å². The van der Waals surface area contributed by atoms with Gasteiger partial charge in [-0.05, 0) is 42.3 Å². The second-order valence-electron chi connectivity index (χ2n) is 7.30. The first-order valence-electron chi connectivity index (χ1n) is 10.3. The van der Waals surface area contributed by atoms with Gasteiger partial charge in [0.1, 0.15) is 5.82 Å². The number of hydrogen-bond acceptors (Lipinski definition) is 1. The number of nitrogens with one attached hydrogen (secondary N) is 1. The molecule has 1 heterocycles.